The van der Waals surface area contributed by atoms with Crippen molar-refractivity contribution in [1.29, 1.82) is 0 Å². The summed E-state index contributed by atoms with van der Waals surface area (Å²) in [5.74, 6) is 0.122. The Kier molecular flexibility index (Phi) is 7.53. The zero-order chi connectivity index (χ0) is 26.7. The first-order valence-corrected chi connectivity index (χ1v) is 12.0. The van der Waals surface area contributed by atoms with Gasteiger partial charge in [-0.2, -0.15) is 0 Å². The van der Waals surface area contributed by atoms with E-state index in [1.54, 1.807) is 38.5 Å². The maximum absolute atomic E-state index is 13.4. The number of ketones is 1. The van der Waals surface area contributed by atoms with Crippen molar-refractivity contribution in [3.05, 3.63) is 94.1 Å². The Balaban J connectivity index is 1.83. The van der Waals surface area contributed by atoms with Gasteiger partial charge in [-0.3, -0.25) is 9.59 Å². The molecule has 1 heterocycles. The average molecular weight is 502 g/mol. The van der Waals surface area contributed by atoms with Gasteiger partial charge in [0.1, 0.15) is 23.0 Å². The highest BCUT2D eigenvalue weighted by Crippen LogP contribution is 2.42. The van der Waals surface area contributed by atoms with E-state index < -0.39 is 17.7 Å². The Labute approximate surface area is 216 Å². The van der Waals surface area contributed by atoms with Gasteiger partial charge >= 0.3 is 0 Å². The SMILES string of the molecule is COc1ccc(CCN2C(=O)C(=O)/C(=C(/O)c3cc(C)cc(C)c3OC)C2c2cccc(OC)c2)cc1. The summed E-state index contributed by atoms with van der Waals surface area (Å²) in [6.07, 6.45) is 0.518. The number of hydrogen-bond donors (Lipinski definition) is 1. The zero-order valence-corrected chi connectivity index (χ0v) is 21.7. The first-order chi connectivity index (χ1) is 17.8. The maximum atomic E-state index is 13.4. The van der Waals surface area contributed by atoms with Crippen LogP contribution >= 0.6 is 0 Å². The number of ether oxygens (including phenoxy) is 3. The van der Waals surface area contributed by atoms with Crippen molar-refractivity contribution in [2.45, 2.75) is 26.3 Å². The van der Waals surface area contributed by atoms with Crippen molar-refractivity contribution < 1.29 is 28.9 Å². The minimum Gasteiger partial charge on any atom is -0.507 e. The van der Waals surface area contributed by atoms with Gasteiger partial charge in [-0.05, 0) is 72.9 Å². The number of nitrogens with zero attached hydrogens (tertiary/aromatic N) is 1. The molecule has 1 aliphatic heterocycles. The van der Waals surface area contributed by atoms with Crippen LogP contribution in [0.25, 0.3) is 5.76 Å². The van der Waals surface area contributed by atoms with Crippen LogP contribution in [0.1, 0.15) is 33.9 Å². The Morgan fingerprint density at radius 3 is 2.24 bits per heavy atom. The molecule has 1 aliphatic rings. The van der Waals surface area contributed by atoms with Crippen LogP contribution in [-0.2, 0) is 16.0 Å². The maximum Gasteiger partial charge on any atom is 0.295 e. The highest BCUT2D eigenvalue weighted by Gasteiger charge is 2.46. The molecule has 3 aromatic carbocycles. The van der Waals surface area contributed by atoms with E-state index in [1.165, 1.54) is 12.0 Å². The summed E-state index contributed by atoms with van der Waals surface area (Å²) in [6, 6.07) is 17.7. The monoisotopic (exact) mass is 501 g/mol. The summed E-state index contributed by atoms with van der Waals surface area (Å²) >= 11 is 0. The van der Waals surface area contributed by atoms with Gasteiger partial charge in [-0.15, -0.1) is 0 Å². The molecule has 1 fully saturated rings. The fourth-order valence-corrected chi connectivity index (χ4v) is 4.86. The summed E-state index contributed by atoms with van der Waals surface area (Å²) in [6.45, 7) is 4.05. The third-order valence-corrected chi connectivity index (χ3v) is 6.63. The van der Waals surface area contributed by atoms with Gasteiger partial charge in [-0.25, -0.2) is 0 Å². The molecule has 0 radical (unpaired) electrons. The van der Waals surface area contributed by atoms with Gasteiger partial charge in [0, 0.05) is 6.54 Å². The molecule has 3 aromatic rings. The smallest absolute Gasteiger partial charge is 0.295 e. The minimum absolute atomic E-state index is 0.0243. The second kappa shape index (κ2) is 10.8. The first-order valence-electron chi connectivity index (χ1n) is 12.0. The number of hydrogen-bond acceptors (Lipinski definition) is 6. The molecule has 192 valence electrons. The molecule has 1 saturated heterocycles. The Bertz CT molecular complexity index is 1360. The van der Waals surface area contributed by atoms with Crippen LogP contribution in [0.4, 0.5) is 0 Å². The summed E-state index contributed by atoms with van der Waals surface area (Å²) in [5, 5.41) is 11.5. The Morgan fingerprint density at radius 2 is 1.59 bits per heavy atom. The van der Waals surface area contributed by atoms with E-state index in [2.05, 4.69) is 0 Å². The molecule has 0 saturated carbocycles. The van der Waals surface area contributed by atoms with E-state index >= 15 is 0 Å². The Hall–Kier alpha value is -4.26. The number of Topliss-reactive ketones (excluding diaryl/α,β-unsaturated/α-hetero) is 1. The van der Waals surface area contributed by atoms with Crippen molar-refractivity contribution in [3.8, 4) is 17.2 Å². The zero-order valence-electron chi connectivity index (χ0n) is 21.7. The molecule has 0 spiro atoms. The summed E-state index contributed by atoms with van der Waals surface area (Å²) in [4.78, 5) is 28.3. The summed E-state index contributed by atoms with van der Waals surface area (Å²) in [7, 11) is 4.68. The Morgan fingerprint density at radius 1 is 0.892 bits per heavy atom. The third kappa shape index (κ3) is 5.03. The van der Waals surface area contributed by atoms with E-state index in [9.17, 15) is 14.7 Å². The van der Waals surface area contributed by atoms with Crippen LogP contribution in [0.3, 0.4) is 0 Å². The molecule has 37 heavy (non-hydrogen) atoms. The van der Waals surface area contributed by atoms with E-state index in [0.29, 0.717) is 29.0 Å². The number of carbonyl (C=O) groups excluding carboxylic acids is 2. The van der Waals surface area contributed by atoms with E-state index in [4.69, 9.17) is 14.2 Å². The molecule has 7 nitrogen and oxygen atoms in total. The molecule has 1 atom stereocenters. The number of methoxy groups -OCH3 is 3. The average Bonchev–Trinajstić information content (AvgIpc) is 3.16. The number of likely N-dealkylation sites (tertiary alicyclic amines) is 1. The molecule has 4 rings (SSSR count). The molecular weight excluding hydrogens is 470 g/mol. The lowest BCUT2D eigenvalue weighted by Crippen LogP contribution is -2.31. The van der Waals surface area contributed by atoms with Crippen LogP contribution < -0.4 is 14.2 Å². The van der Waals surface area contributed by atoms with Gasteiger partial charge in [0.15, 0.2) is 0 Å². The predicted octanol–water partition coefficient (Wildman–Crippen LogP) is 4.99. The number of aliphatic hydroxyl groups excluding tert-OH is 1. The number of aliphatic hydroxyl groups is 1. The molecule has 1 N–H and O–H groups in total. The van der Waals surface area contributed by atoms with Gasteiger partial charge < -0.3 is 24.2 Å². The van der Waals surface area contributed by atoms with Crippen molar-refractivity contribution in [2.75, 3.05) is 27.9 Å². The van der Waals surface area contributed by atoms with Gasteiger partial charge in [-0.1, -0.05) is 30.3 Å². The van der Waals surface area contributed by atoms with Crippen molar-refractivity contribution >= 4 is 17.4 Å². The second-order valence-corrected chi connectivity index (χ2v) is 9.03. The van der Waals surface area contributed by atoms with Gasteiger partial charge in [0.25, 0.3) is 11.7 Å². The van der Waals surface area contributed by atoms with Crippen molar-refractivity contribution in [3.63, 3.8) is 0 Å². The standard InChI is InChI=1S/C30H31NO6/c1-18-15-19(2)29(37-5)24(16-18)27(32)25-26(21-7-6-8-23(17-21)36-4)31(30(34)28(25)33)14-13-20-9-11-22(35-3)12-10-20/h6-12,15-17,26,32H,13-14H2,1-5H3/b27-25+. The first kappa shape index (κ1) is 25.8. The number of rotatable bonds is 8. The molecule has 0 aliphatic carbocycles. The quantitative estimate of drug-likeness (QED) is 0.266. The largest absolute Gasteiger partial charge is 0.507 e. The molecule has 0 aromatic heterocycles. The van der Waals surface area contributed by atoms with Crippen LogP contribution in [-0.4, -0.2) is 49.6 Å². The normalized spacial score (nSPS) is 16.7. The topological polar surface area (TPSA) is 85.3 Å². The highest BCUT2D eigenvalue weighted by molar-refractivity contribution is 6.46. The van der Waals surface area contributed by atoms with Gasteiger partial charge in [0.05, 0.1) is 38.5 Å². The van der Waals surface area contributed by atoms with E-state index in [1.807, 2.05) is 50.2 Å². The lowest BCUT2D eigenvalue weighted by Gasteiger charge is -2.26. The minimum atomic E-state index is -0.793. The van der Waals surface area contributed by atoms with Crippen LogP contribution in [0.15, 0.2) is 66.2 Å². The van der Waals surface area contributed by atoms with Crippen molar-refractivity contribution in [2.24, 2.45) is 0 Å². The summed E-state index contributed by atoms with van der Waals surface area (Å²) in [5.41, 5.74) is 3.76. The van der Waals surface area contributed by atoms with Crippen LogP contribution in [0.2, 0.25) is 0 Å². The number of aryl methyl sites for hydroxylation is 2. The fourth-order valence-electron chi connectivity index (χ4n) is 4.86. The lowest BCUT2D eigenvalue weighted by molar-refractivity contribution is -0.139. The molecule has 1 amide bonds. The third-order valence-electron chi connectivity index (χ3n) is 6.63. The number of benzene rings is 3. The lowest BCUT2D eigenvalue weighted by atomic mass is 9.93. The molecule has 1 unspecified atom stereocenters. The van der Waals surface area contributed by atoms with Crippen LogP contribution in [0, 0.1) is 13.8 Å². The van der Waals surface area contributed by atoms with Gasteiger partial charge in [0.2, 0.25) is 0 Å². The highest BCUT2D eigenvalue weighted by atomic mass is 16.5. The number of amides is 1. The van der Waals surface area contributed by atoms with E-state index in [0.717, 1.165) is 22.4 Å². The molecular formula is C30H31NO6. The van der Waals surface area contributed by atoms with Crippen LogP contribution in [0.5, 0.6) is 17.2 Å². The number of carbonyl (C=O) groups is 2. The van der Waals surface area contributed by atoms with Crippen molar-refractivity contribution in [1.82, 2.24) is 4.90 Å². The summed E-state index contributed by atoms with van der Waals surface area (Å²) < 4.78 is 16.2. The second-order valence-electron chi connectivity index (χ2n) is 9.03. The fraction of sp³-hybridized carbons (Fsp3) is 0.267. The predicted molar refractivity (Wildman–Crippen MR) is 141 cm³/mol. The van der Waals surface area contributed by atoms with E-state index in [-0.39, 0.29) is 17.9 Å². The molecule has 0 bridgehead atoms. The molecule has 7 heteroatoms.